The quantitative estimate of drug-likeness (QED) is 0.476. The van der Waals surface area contributed by atoms with Crippen molar-refractivity contribution in [3.63, 3.8) is 0 Å². The predicted octanol–water partition coefficient (Wildman–Crippen LogP) is 2.50. The molecule has 6 nitrogen and oxygen atoms in total. The molecule has 0 amide bonds. The fourth-order valence-corrected chi connectivity index (χ4v) is 2.99. The van der Waals surface area contributed by atoms with Crippen LogP contribution in [0, 0.1) is 0 Å². The van der Waals surface area contributed by atoms with Gasteiger partial charge < -0.3 is 24.2 Å². The molecule has 7 heteroatoms. The summed E-state index contributed by atoms with van der Waals surface area (Å²) in [7, 11) is 1.54. The van der Waals surface area contributed by atoms with Crippen molar-refractivity contribution < 1.29 is 18.8 Å². The van der Waals surface area contributed by atoms with Crippen LogP contribution in [0.5, 0.6) is 5.75 Å². The first-order valence-corrected chi connectivity index (χ1v) is 10.6. The molecular formula is C22H39BN2O4. The number of ether oxygens (including phenoxy) is 1. The second kappa shape index (κ2) is 11.7. The zero-order chi connectivity index (χ0) is 22.1. The third-order valence-electron chi connectivity index (χ3n) is 5.48. The summed E-state index contributed by atoms with van der Waals surface area (Å²) in [5, 5.41) is 3.14. The summed E-state index contributed by atoms with van der Waals surface area (Å²) < 4.78 is 18.0. The van der Waals surface area contributed by atoms with E-state index in [4.69, 9.17) is 14.0 Å². The highest BCUT2D eigenvalue weighted by Crippen LogP contribution is 2.36. The van der Waals surface area contributed by atoms with Crippen LogP contribution in [0.3, 0.4) is 0 Å². The van der Waals surface area contributed by atoms with Crippen LogP contribution in [0.4, 0.5) is 0 Å². The Morgan fingerprint density at radius 3 is 2.17 bits per heavy atom. The van der Waals surface area contributed by atoms with E-state index < -0.39 is 0 Å². The lowest BCUT2D eigenvalue weighted by Gasteiger charge is -2.32. The Hall–Kier alpha value is -1.41. The highest BCUT2D eigenvalue weighted by Gasteiger charge is 2.51. The van der Waals surface area contributed by atoms with Gasteiger partial charge in [0.15, 0.2) is 0 Å². The molecule has 1 heterocycles. The van der Waals surface area contributed by atoms with Gasteiger partial charge in [0, 0.05) is 19.1 Å². The van der Waals surface area contributed by atoms with Crippen molar-refractivity contribution in [3.8, 4) is 5.75 Å². The van der Waals surface area contributed by atoms with Gasteiger partial charge in [-0.3, -0.25) is 4.90 Å². The van der Waals surface area contributed by atoms with Crippen molar-refractivity contribution in [2.45, 2.75) is 65.7 Å². The zero-order valence-corrected chi connectivity index (χ0v) is 19.5. The van der Waals surface area contributed by atoms with Gasteiger partial charge in [-0.05, 0) is 59.3 Å². The maximum Gasteiger partial charge on any atom is 0.494 e. The second-order valence-corrected chi connectivity index (χ2v) is 8.07. The molecule has 0 aromatic heterocycles. The molecule has 0 spiro atoms. The molecular weight excluding hydrogens is 367 g/mol. The summed E-state index contributed by atoms with van der Waals surface area (Å²) in [5.41, 5.74) is 0.281. The van der Waals surface area contributed by atoms with Crippen LogP contribution in [-0.4, -0.2) is 68.8 Å². The van der Waals surface area contributed by atoms with Crippen LogP contribution in [0.15, 0.2) is 24.3 Å². The van der Waals surface area contributed by atoms with Gasteiger partial charge in [0.05, 0.1) is 17.7 Å². The number of nitrogens with zero attached hydrogens (tertiary/aromatic N) is 1. The molecule has 1 aromatic carbocycles. The van der Waals surface area contributed by atoms with E-state index in [1.54, 1.807) is 0 Å². The fourth-order valence-electron chi connectivity index (χ4n) is 2.99. The maximum atomic E-state index is 10.9. The summed E-state index contributed by atoms with van der Waals surface area (Å²) in [6.45, 7) is 16.7. The molecule has 0 radical (unpaired) electrons. The number of likely N-dealkylation sites (N-methyl/N-ethyl adjacent to an activating group) is 1. The maximum absolute atomic E-state index is 10.9. The monoisotopic (exact) mass is 406 g/mol. The van der Waals surface area contributed by atoms with Crippen molar-refractivity contribution in [3.05, 3.63) is 24.3 Å². The van der Waals surface area contributed by atoms with E-state index in [-0.39, 0.29) is 24.4 Å². The number of rotatable bonds is 10. The van der Waals surface area contributed by atoms with Crippen LogP contribution in [0.1, 0.15) is 48.5 Å². The van der Waals surface area contributed by atoms with Crippen molar-refractivity contribution in [2.24, 2.45) is 0 Å². The van der Waals surface area contributed by atoms with Crippen molar-refractivity contribution >= 4 is 18.9 Å². The average Bonchev–Trinajstić information content (AvgIpc) is 2.90. The fraction of sp³-hybridized carbons (Fsp3) is 0.682. The van der Waals surface area contributed by atoms with Crippen molar-refractivity contribution in [1.82, 2.24) is 10.2 Å². The summed E-state index contributed by atoms with van der Waals surface area (Å²) in [6.07, 6.45) is 0.936. The lowest BCUT2D eigenvalue weighted by Crippen LogP contribution is -2.42. The topological polar surface area (TPSA) is 60.0 Å². The molecule has 0 saturated carbocycles. The van der Waals surface area contributed by atoms with Crippen molar-refractivity contribution in [2.75, 3.05) is 33.3 Å². The normalized spacial score (nSPS) is 18.2. The first-order valence-electron chi connectivity index (χ1n) is 10.6. The molecule has 29 heavy (non-hydrogen) atoms. The lowest BCUT2D eigenvalue weighted by atomic mass is 9.79. The Bertz CT molecular complexity index is 591. The highest BCUT2D eigenvalue weighted by molar-refractivity contribution is 6.62. The van der Waals surface area contributed by atoms with E-state index in [9.17, 15) is 4.79 Å². The SMILES string of the molecule is CC.CNCC(C)N(CC=O)CCOc1ccc(B2OC(C)(C)C(C)(C)O2)cc1. The minimum Gasteiger partial charge on any atom is -0.492 e. The minimum absolute atomic E-state index is 0.273. The second-order valence-electron chi connectivity index (χ2n) is 8.07. The molecule has 1 aliphatic rings. The largest absolute Gasteiger partial charge is 0.494 e. The van der Waals surface area contributed by atoms with Gasteiger partial charge in [0.1, 0.15) is 18.6 Å². The van der Waals surface area contributed by atoms with E-state index in [1.807, 2.05) is 72.9 Å². The third kappa shape index (κ3) is 7.10. The highest BCUT2D eigenvalue weighted by atomic mass is 16.7. The number of carbonyl (C=O) groups excluding carboxylic acids is 1. The van der Waals surface area contributed by atoms with E-state index in [0.717, 1.165) is 24.0 Å². The number of hydrogen-bond acceptors (Lipinski definition) is 6. The van der Waals surface area contributed by atoms with E-state index in [0.29, 0.717) is 19.7 Å². The van der Waals surface area contributed by atoms with Gasteiger partial charge in [0.25, 0.3) is 0 Å². The Balaban J connectivity index is 0.00000204. The van der Waals surface area contributed by atoms with Crippen LogP contribution in [0.25, 0.3) is 0 Å². The Morgan fingerprint density at radius 2 is 1.69 bits per heavy atom. The molecule has 1 atom stereocenters. The summed E-state index contributed by atoms with van der Waals surface area (Å²) in [5.74, 6) is 0.794. The molecule has 1 unspecified atom stereocenters. The molecule has 0 aliphatic carbocycles. The smallest absolute Gasteiger partial charge is 0.492 e. The van der Waals surface area contributed by atoms with Gasteiger partial charge in [-0.25, -0.2) is 0 Å². The number of nitrogens with one attached hydrogen (secondary N) is 1. The Kier molecular flexibility index (Phi) is 10.3. The minimum atomic E-state index is -0.366. The molecule has 1 fully saturated rings. The van der Waals surface area contributed by atoms with E-state index in [2.05, 4.69) is 17.1 Å². The number of hydrogen-bond donors (Lipinski definition) is 1. The number of aldehydes is 1. The number of carbonyl (C=O) groups is 1. The van der Waals surface area contributed by atoms with Gasteiger partial charge >= 0.3 is 7.12 Å². The first-order chi connectivity index (χ1) is 13.7. The van der Waals surface area contributed by atoms with Gasteiger partial charge in [-0.15, -0.1) is 0 Å². The zero-order valence-electron chi connectivity index (χ0n) is 19.5. The third-order valence-corrected chi connectivity index (χ3v) is 5.48. The van der Waals surface area contributed by atoms with E-state index in [1.165, 1.54) is 0 Å². The van der Waals surface area contributed by atoms with Gasteiger partial charge in [0.2, 0.25) is 0 Å². The summed E-state index contributed by atoms with van der Waals surface area (Å²) >= 11 is 0. The van der Waals surface area contributed by atoms with Gasteiger partial charge in [-0.2, -0.15) is 0 Å². The predicted molar refractivity (Wildman–Crippen MR) is 120 cm³/mol. The van der Waals surface area contributed by atoms with Crippen LogP contribution >= 0.6 is 0 Å². The molecule has 1 aromatic rings. The van der Waals surface area contributed by atoms with Crippen molar-refractivity contribution in [1.29, 1.82) is 0 Å². The van der Waals surface area contributed by atoms with Gasteiger partial charge in [-0.1, -0.05) is 26.0 Å². The van der Waals surface area contributed by atoms with Crippen LogP contribution < -0.4 is 15.5 Å². The van der Waals surface area contributed by atoms with Crippen LogP contribution in [0.2, 0.25) is 0 Å². The molecule has 164 valence electrons. The number of benzene rings is 1. The molecule has 1 N–H and O–H groups in total. The van der Waals surface area contributed by atoms with E-state index >= 15 is 0 Å². The molecule has 2 rings (SSSR count). The average molecular weight is 406 g/mol. The summed E-state index contributed by atoms with van der Waals surface area (Å²) in [6, 6.07) is 8.09. The lowest BCUT2D eigenvalue weighted by molar-refractivity contribution is -0.109. The molecule has 0 bridgehead atoms. The van der Waals surface area contributed by atoms with Crippen LogP contribution in [-0.2, 0) is 14.1 Å². The Morgan fingerprint density at radius 1 is 1.14 bits per heavy atom. The summed E-state index contributed by atoms with van der Waals surface area (Å²) in [4.78, 5) is 13.0. The standard InChI is InChI=1S/C20H33BN2O4.C2H6/c1-16(15-22-6)23(11-13-24)12-14-25-18-9-7-17(8-10-18)21-26-19(2,3)20(4,5)27-21;1-2/h7-10,13,16,22H,11-12,14-15H2,1-6H3;1-2H3. The molecule has 1 saturated heterocycles. The first kappa shape index (κ1) is 25.6. The Labute approximate surface area is 177 Å². The molecule has 1 aliphatic heterocycles.